The number of piperazine rings is 1. The molecule has 1 atom stereocenters. The first-order chi connectivity index (χ1) is 15.1. The number of carbonyl (C=O) groups is 1. The van der Waals surface area contributed by atoms with E-state index in [1.165, 1.54) is 0 Å². The molecule has 0 spiro atoms. The quantitative estimate of drug-likeness (QED) is 0.594. The molecule has 4 rings (SSSR count). The first-order valence-electron chi connectivity index (χ1n) is 10.5. The Labute approximate surface area is 186 Å². The van der Waals surface area contributed by atoms with Gasteiger partial charge in [-0.2, -0.15) is 0 Å². The molecule has 160 valence electrons. The minimum Gasteiger partial charge on any atom is -0.336 e. The summed E-state index contributed by atoms with van der Waals surface area (Å²) in [6, 6.07) is 26.9. The molecule has 0 radical (unpaired) electrons. The number of anilines is 1. The number of amides is 1. The lowest BCUT2D eigenvalue weighted by Gasteiger charge is -2.32. The number of rotatable bonds is 6. The summed E-state index contributed by atoms with van der Waals surface area (Å²) in [5, 5.41) is 0. The topological polar surface area (TPSA) is 43.9 Å². The first kappa shape index (κ1) is 21.3. The number of hydrogen-bond acceptors (Lipinski definition) is 3. The highest BCUT2D eigenvalue weighted by atomic mass is 32.2. The van der Waals surface area contributed by atoms with Crippen LogP contribution in [0, 0.1) is 0 Å². The van der Waals surface area contributed by atoms with Crippen LogP contribution < -0.4 is 4.31 Å². The summed E-state index contributed by atoms with van der Waals surface area (Å²) >= 11 is 0. The lowest BCUT2D eigenvalue weighted by Crippen LogP contribution is -2.47. The first-order valence-corrected chi connectivity index (χ1v) is 11.6. The molecule has 3 aromatic rings. The summed E-state index contributed by atoms with van der Waals surface area (Å²) in [7, 11) is 0.708. The number of likely N-dealkylation sites (N-methyl/N-ethyl adjacent to an activating group) is 1. The lowest BCUT2D eigenvalue weighted by molar-refractivity contribution is 0.0664. The van der Waals surface area contributed by atoms with Crippen molar-refractivity contribution in [1.82, 2.24) is 9.80 Å². The highest BCUT2D eigenvalue weighted by Crippen LogP contribution is 2.24. The lowest BCUT2D eigenvalue weighted by atomic mass is 10.1. The van der Waals surface area contributed by atoms with Gasteiger partial charge in [0.1, 0.15) is 0 Å². The molecule has 0 N–H and O–H groups in total. The maximum absolute atomic E-state index is 13.4. The summed E-state index contributed by atoms with van der Waals surface area (Å²) in [4.78, 5) is 17.7. The van der Waals surface area contributed by atoms with Gasteiger partial charge in [-0.25, -0.2) is 4.21 Å². The molecule has 0 saturated carbocycles. The second kappa shape index (κ2) is 9.90. The molecular weight excluding hydrogens is 406 g/mol. The zero-order valence-corrected chi connectivity index (χ0v) is 18.5. The van der Waals surface area contributed by atoms with Crippen molar-refractivity contribution in [2.24, 2.45) is 0 Å². The second-order valence-electron chi connectivity index (χ2n) is 7.73. The normalized spacial score (nSPS) is 15.5. The smallest absolute Gasteiger partial charge is 0.253 e. The van der Waals surface area contributed by atoms with Crippen LogP contribution in [0.1, 0.15) is 15.9 Å². The fourth-order valence-corrected chi connectivity index (χ4v) is 4.85. The molecule has 1 aliphatic rings. The predicted molar refractivity (Wildman–Crippen MR) is 125 cm³/mol. The Morgan fingerprint density at radius 2 is 1.42 bits per heavy atom. The minimum absolute atomic E-state index is 0.0541. The van der Waals surface area contributed by atoms with Crippen LogP contribution in [0.2, 0.25) is 0 Å². The predicted octanol–water partition coefficient (Wildman–Crippen LogP) is 3.80. The van der Waals surface area contributed by atoms with Gasteiger partial charge in [0.2, 0.25) is 0 Å². The average Bonchev–Trinajstić information content (AvgIpc) is 2.83. The van der Waals surface area contributed by atoms with Gasteiger partial charge in [-0.15, -0.1) is 0 Å². The Morgan fingerprint density at radius 1 is 0.839 bits per heavy atom. The van der Waals surface area contributed by atoms with Crippen molar-refractivity contribution < 1.29 is 9.00 Å². The number of hydrogen-bond donors (Lipinski definition) is 0. The Morgan fingerprint density at radius 3 is 2.03 bits per heavy atom. The van der Waals surface area contributed by atoms with E-state index in [1.807, 2.05) is 94.1 Å². The molecular formula is C25H27N3O2S. The van der Waals surface area contributed by atoms with E-state index in [1.54, 1.807) is 0 Å². The minimum atomic E-state index is -1.37. The van der Waals surface area contributed by atoms with Crippen molar-refractivity contribution in [1.29, 1.82) is 0 Å². The van der Waals surface area contributed by atoms with Crippen LogP contribution in [-0.4, -0.2) is 53.1 Å². The van der Waals surface area contributed by atoms with Crippen LogP contribution in [0.3, 0.4) is 0 Å². The summed E-state index contributed by atoms with van der Waals surface area (Å²) in [5.74, 6) is 0.0541. The van der Waals surface area contributed by atoms with Crippen molar-refractivity contribution in [3.63, 3.8) is 0 Å². The van der Waals surface area contributed by atoms with Crippen LogP contribution in [0.25, 0.3) is 0 Å². The van der Waals surface area contributed by atoms with E-state index < -0.39 is 11.0 Å². The molecule has 1 amide bonds. The van der Waals surface area contributed by atoms with Crippen LogP contribution in [0.15, 0.2) is 89.8 Å². The van der Waals surface area contributed by atoms with Crippen LogP contribution in [0.5, 0.6) is 0 Å². The van der Waals surface area contributed by atoms with E-state index in [0.29, 0.717) is 12.1 Å². The molecule has 0 aliphatic carbocycles. The van der Waals surface area contributed by atoms with Gasteiger partial charge in [0, 0.05) is 31.7 Å². The molecule has 0 aromatic heterocycles. The molecule has 31 heavy (non-hydrogen) atoms. The van der Waals surface area contributed by atoms with Crippen molar-refractivity contribution in [3.05, 3.63) is 96.1 Å². The van der Waals surface area contributed by atoms with Crippen molar-refractivity contribution in [3.8, 4) is 0 Å². The molecule has 6 heteroatoms. The van der Waals surface area contributed by atoms with Gasteiger partial charge in [-0.05, 0) is 49.0 Å². The summed E-state index contributed by atoms with van der Waals surface area (Å²) in [6.45, 7) is 3.79. The van der Waals surface area contributed by atoms with E-state index >= 15 is 0 Å². The third-order valence-electron chi connectivity index (χ3n) is 5.51. The SMILES string of the molecule is CN1CCN(C(=O)c2ccc(N(Cc3ccccc3)S(=O)c3ccccc3)cc2)CC1. The van der Waals surface area contributed by atoms with Crippen LogP contribution in [-0.2, 0) is 17.5 Å². The molecule has 1 heterocycles. The third-order valence-corrected chi connectivity index (χ3v) is 6.92. The largest absolute Gasteiger partial charge is 0.336 e. The fourth-order valence-electron chi connectivity index (χ4n) is 3.62. The van der Waals surface area contributed by atoms with E-state index in [4.69, 9.17) is 0 Å². The van der Waals surface area contributed by atoms with E-state index in [2.05, 4.69) is 11.9 Å². The Kier molecular flexibility index (Phi) is 6.79. The highest BCUT2D eigenvalue weighted by Gasteiger charge is 2.21. The molecule has 1 fully saturated rings. The highest BCUT2D eigenvalue weighted by molar-refractivity contribution is 7.86. The average molecular weight is 434 g/mol. The standard InChI is InChI=1S/C25H27N3O2S/c1-26-16-18-27(19-17-26)25(29)22-12-14-23(15-13-22)28(20-21-8-4-2-5-9-21)31(30)24-10-6-3-7-11-24/h2-15H,16-20H2,1H3. The summed E-state index contributed by atoms with van der Waals surface area (Å²) in [6.07, 6.45) is 0. The molecule has 3 aromatic carbocycles. The van der Waals surface area contributed by atoms with E-state index in [0.717, 1.165) is 42.3 Å². The molecule has 5 nitrogen and oxygen atoms in total. The van der Waals surface area contributed by atoms with Gasteiger partial charge < -0.3 is 9.80 Å². The van der Waals surface area contributed by atoms with E-state index in [9.17, 15) is 9.00 Å². The number of benzene rings is 3. The zero-order chi connectivity index (χ0) is 21.6. The van der Waals surface area contributed by atoms with Gasteiger partial charge in [-0.1, -0.05) is 48.5 Å². The molecule has 1 unspecified atom stereocenters. The van der Waals surface area contributed by atoms with Crippen LogP contribution in [0.4, 0.5) is 5.69 Å². The Bertz CT molecular complexity index is 1020. The number of carbonyl (C=O) groups excluding carboxylic acids is 1. The number of nitrogens with zero attached hydrogens (tertiary/aromatic N) is 3. The molecule has 1 aliphatic heterocycles. The maximum Gasteiger partial charge on any atom is 0.253 e. The van der Waals surface area contributed by atoms with Crippen LogP contribution >= 0.6 is 0 Å². The van der Waals surface area contributed by atoms with Gasteiger partial charge in [0.15, 0.2) is 11.0 Å². The van der Waals surface area contributed by atoms with Crippen molar-refractivity contribution in [2.45, 2.75) is 11.4 Å². The van der Waals surface area contributed by atoms with Gasteiger partial charge in [0.05, 0.1) is 17.1 Å². The maximum atomic E-state index is 13.4. The monoisotopic (exact) mass is 433 g/mol. The second-order valence-corrected chi connectivity index (χ2v) is 9.14. The molecule has 1 saturated heterocycles. The van der Waals surface area contributed by atoms with Gasteiger partial charge in [0.25, 0.3) is 5.91 Å². The van der Waals surface area contributed by atoms with Gasteiger partial charge >= 0.3 is 0 Å². The van der Waals surface area contributed by atoms with Gasteiger partial charge in [-0.3, -0.25) is 9.10 Å². The summed E-state index contributed by atoms with van der Waals surface area (Å²) in [5.41, 5.74) is 2.56. The van der Waals surface area contributed by atoms with E-state index in [-0.39, 0.29) is 5.91 Å². The zero-order valence-electron chi connectivity index (χ0n) is 17.7. The molecule has 0 bridgehead atoms. The van der Waals surface area contributed by atoms with Crippen molar-refractivity contribution in [2.75, 3.05) is 37.5 Å². The Balaban J connectivity index is 1.57. The third kappa shape index (κ3) is 5.21. The van der Waals surface area contributed by atoms with Crippen molar-refractivity contribution >= 4 is 22.6 Å². The summed E-state index contributed by atoms with van der Waals surface area (Å²) < 4.78 is 15.3. The Hall–Kier alpha value is -2.96. The fraction of sp³-hybridized carbons (Fsp3) is 0.240.